The van der Waals surface area contributed by atoms with Gasteiger partial charge in [0.25, 0.3) is 0 Å². The largest absolute Gasteiger partial charge is 0.465 e. The summed E-state index contributed by atoms with van der Waals surface area (Å²) in [5.74, 6) is -0.416. The van der Waals surface area contributed by atoms with Crippen LogP contribution in [0.25, 0.3) is 0 Å². The van der Waals surface area contributed by atoms with E-state index in [1.54, 1.807) is 35.7 Å². The second kappa shape index (κ2) is 5.71. The zero-order valence-corrected chi connectivity index (χ0v) is 11.5. The number of hydrogen-bond donors (Lipinski definition) is 2. The number of carbonyl (C=O) groups excluding carboxylic acids is 1. The molecule has 19 heavy (non-hydrogen) atoms. The number of nitrogens with two attached hydrogens (primary N) is 1. The van der Waals surface area contributed by atoms with Gasteiger partial charge in [-0.15, -0.1) is 11.3 Å². The van der Waals surface area contributed by atoms with E-state index in [2.05, 4.69) is 10.3 Å². The van der Waals surface area contributed by atoms with Crippen molar-refractivity contribution in [3.05, 3.63) is 40.3 Å². The molecule has 0 bridgehead atoms. The predicted molar refractivity (Wildman–Crippen MR) is 76.3 cm³/mol. The highest BCUT2D eigenvalue weighted by Gasteiger charge is 2.17. The molecule has 3 N–H and O–H groups in total. The lowest BCUT2D eigenvalue weighted by atomic mass is 10.1. The third kappa shape index (κ3) is 2.85. The van der Waals surface area contributed by atoms with Crippen molar-refractivity contribution >= 4 is 28.7 Å². The Labute approximate surface area is 115 Å². The van der Waals surface area contributed by atoms with Gasteiger partial charge >= 0.3 is 5.97 Å². The fourth-order valence-corrected chi connectivity index (χ4v) is 2.38. The lowest BCUT2D eigenvalue weighted by molar-refractivity contribution is 0.0602. The first kappa shape index (κ1) is 13.4. The van der Waals surface area contributed by atoms with Crippen LogP contribution >= 0.6 is 11.3 Å². The number of hydrogen-bond acceptors (Lipinski definition) is 6. The Morgan fingerprint density at radius 3 is 2.95 bits per heavy atom. The molecule has 0 saturated carbocycles. The minimum Gasteiger partial charge on any atom is -0.465 e. The van der Waals surface area contributed by atoms with Crippen LogP contribution in [0.3, 0.4) is 0 Å². The molecular formula is C13H15N3O2S. The molecule has 1 heterocycles. The molecule has 1 atom stereocenters. The lowest BCUT2D eigenvalue weighted by Gasteiger charge is -2.17. The van der Waals surface area contributed by atoms with Gasteiger partial charge in [-0.05, 0) is 19.1 Å². The molecule has 0 aliphatic rings. The van der Waals surface area contributed by atoms with Gasteiger partial charge in [0, 0.05) is 11.6 Å². The zero-order valence-electron chi connectivity index (χ0n) is 10.7. The first-order chi connectivity index (χ1) is 9.13. The van der Waals surface area contributed by atoms with Crippen molar-refractivity contribution < 1.29 is 9.53 Å². The Hall–Kier alpha value is -2.08. The number of carbonyl (C=O) groups is 1. The van der Waals surface area contributed by atoms with Crippen molar-refractivity contribution in [1.29, 1.82) is 0 Å². The van der Waals surface area contributed by atoms with Crippen LogP contribution in [0.5, 0.6) is 0 Å². The first-order valence-electron chi connectivity index (χ1n) is 5.76. The molecule has 100 valence electrons. The van der Waals surface area contributed by atoms with E-state index in [1.807, 2.05) is 12.3 Å². The predicted octanol–water partition coefficient (Wildman–Crippen LogP) is 2.69. The van der Waals surface area contributed by atoms with Crippen molar-refractivity contribution in [3.63, 3.8) is 0 Å². The molecular weight excluding hydrogens is 262 g/mol. The molecule has 1 aromatic carbocycles. The van der Waals surface area contributed by atoms with E-state index in [0.29, 0.717) is 16.9 Å². The number of anilines is 2. The first-order valence-corrected chi connectivity index (χ1v) is 6.64. The number of aromatic nitrogens is 1. The fraction of sp³-hybridized carbons (Fsp3) is 0.231. The second-order valence-corrected chi connectivity index (χ2v) is 4.92. The monoisotopic (exact) mass is 277 g/mol. The third-order valence-electron chi connectivity index (χ3n) is 2.68. The quantitative estimate of drug-likeness (QED) is 0.663. The van der Waals surface area contributed by atoms with E-state index in [4.69, 9.17) is 10.5 Å². The normalized spacial score (nSPS) is 11.9. The van der Waals surface area contributed by atoms with Crippen LogP contribution in [0.15, 0.2) is 29.8 Å². The molecule has 0 fully saturated rings. The van der Waals surface area contributed by atoms with Crippen molar-refractivity contribution in [1.82, 2.24) is 4.98 Å². The maximum Gasteiger partial charge on any atom is 0.340 e. The fourth-order valence-electron chi connectivity index (χ4n) is 1.74. The molecule has 6 heteroatoms. The van der Waals surface area contributed by atoms with E-state index < -0.39 is 5.97 Å². The molecule has 1 unspecified atom stereocenters. The number of para-hydroxylation sites is 1. The number of thiazole rings is 1. The minimum atomic E-state index is -0.416. The van der Waals surface area contributed by atoms with E-state index in [0.717, 1.165) is 5.01 Å². The summed E-state index contributed by atoms with van der Waals surface area (Å²) >= 11 is 1.55. The van der Waals surface area contributed by atoms with Gasteiger partial charge in [0.2, 0.25) is 0 Å². The van der Waals surface area contributed by atoms with Crippen molar-refractivity contribution in [2.24, 2.45) is 0 Å². The molecule has 0 saturated heterocycles. The standard InChI is InChI=1S/C13H15N3O2S/c1-8(12-15-6-7-19-12)16-11-9(13(17)18-2)4-3-5-10(11)14/h3-8,16H,14H2,1-2H3. The van der Waals surface area contributed by atoms with E-state index >= 15 is 0 Å². The zero-order chi connectivity index (χ0) is 13.8. The van der Waals surface area contributed by atoms with Crippen molar-refractivity contribution in [3.8, 4) is 0 Å². The highest BCUT2D eigenvalue weighted by atomic mass is 32.1. The maximum atomic E-state index is 11.7. The van der Waals surface area contributed by atoms with Gasteiger partial charge in [-0.25, -0.2) is 9.78 Å². The SMILES string of the molecule is COC(=O)c1cccc(N)c1NC(C)c1nccs1. The van der Waals surface area contributed by atoms with Gasteiger partial charge in [-0.3, -0.25) is 0 Å². The third-order valence-corrected chi connectivity index (χ3v) is 3.64. The van der Waals surface area contributed by atoms with Crippen LogP contribution in [0.1, 0.15) is 28.3 Å². The Morgan fingerprint density at radius 1 is 1.53 bits per heavy atom. The Kier molecular flexibility index (Phi) is 4.01. The molecule has 2 aromatic rings. The Morgan fingerprint density at radius 2 is 2.32 bits per heavy atom. The van der Waals surface area contributed by atoms with Gasteiger partial charge in [0.15, 0.2) is 0 Å². The highest BCUT2D eigenvalue weighted by molar-refractivity contribution is 7.09. The van der Waals surface area contributed by atoms with E-state index in [9.17, 15) is 4.79 Å². The second-order valence-electron chi connectivity index (χ2n) is 4.00. The van der Waals surface area contributed by atoms with Crippen LogP contribution in [0, 0.1) is 0 Å². The molecule has 0 aliphatic carbocycles. The summed E-state index contributed by atoms with van der Waals surface area (Å²) in [6.45, 7) is 1.96. The molecule has 5 nitrogen and oxygen atoms in total. The van der Waals surface area contributed by atoms with Crippen LogP contribution in [0.2, 0.25) is 0 Å². The summed E-state index contributed by atoms with van der Waals surface area (Å²) in [4.78, 5) is 16.0. The molecule has 0 spiro atoms. The van der Waals surface area contributed by atoms with Crippen LogP contribution in [0.4, 0.5) is 11.4 Å². The van der Waals surface area contributed by atoms with Crippen molar-refractivity contribution in [2.75, 3.05) is 18.2 Å². The number of nitrogens with one attached hydrogen (secondary N) is 1. The van der Waals surface area contributed by atoms with Gasteiger partial charge in [0.1, 0.15) is 5.01 Å². The number of methoxy groups -OCH3 is 1. The number of esters is 1. The smallest absolute Gasteiger partial charge is 0.340 e. The van der Waals surface area contributed by atoms with Crippen LogP contribution in [-0.4, -0.2) is 18.1 Å². The summed E-state index contributed by atoms with van der Waals surface area (Å²) in [6.07, 6.45) is 1.74. The molecule has 0 aliphatic heterocycles. The molecule has 2 rings (SSSR count). The Balaban J connectivity index is 2.31. The summed E-state index contributed by atoms with van der Waals surface area (Å²) < 4.78 is 4.76. The van der Waals surface area contributed by atoms with E-state index in [-0.39, 0.29) is 6.04 Å². The average molecular weight is 277 g/mol. The van der Waals surface area contributed by atoms with Gasteiger partial charge < -0.3 is 15.8 Å². The summed E-state index contributed by atoms with van der Waals surface area (Å²) in [6, 6.07) is 5.11. The molecule has 0 amide bonds. The number of rotatable bonds is 4. The number of ether oxygens (including phenoxy) is 1. The summed E-state index contributed by atoms with van der Waals surface area (Å²) in [5, 5.41) is 6.05. The number of benzene rings is 1. The van der Waals surface area contributed by atoms with Crippen LogP contribution < -0.4 is 11.1 Å². The minimum absolute atomic E-state index is 0.0342. The maximum absolute atomic E-state index is 11.7. The van der Waals surface area contributed by atoms with Gasteiger partial charge in [-0.1, -0.05) is 6.07 Å². The topological polar surface area (TPSA) is 77.2 Å². The highest BCUT2D eigenvalue weighted by Crippen LogP contribution is 2.29. The number of nitrogens with zero attached hydrogens (tertiary/aromatic N) is 1. The summed E-state index contributed by atoms with van der Waals surface area (Å²) in [7, 11) is 1.35. The number of nitrogen functional groups attached to an aromatic ring is 1. The Bertz CT molecular complexity index is 569. The lowest BCUT2D eigenvalue weighted by Crippen LogP contribution is -2.13. The average Bonchev–Trinajstić information content (AvgIpc) is 2.94. The van der Waals surface area contributed by atoms with Crippen LogP contribution in [-0.2, 0) is 4.74 Å². The molecule has 1 aromatic heterocycles. The van der Waals surface area contributed by atoms with Gasteiger partial charge in [0.05, 0.1) is 30.1 Å². The molecule has 0 radical (unpaired) electrons. The van der Waals surface area contributed by atoms with Gasteiger partial charge in [-0.2, -0.15) is 0 Å². The van der Waals surface area contributed by atoms with E-state index in [1.165, 1.54) is 7.11 Å². The summed E-state index contributed by atoms with van der Waals surface area (Å²) in [5.41, 5.74) is 7.44. The van der Waals surface area contributed by atoms with Crippen molar-refractivity contribution in [2.45, 2.75) is 13.0 Å².